The molecule has 0 bridgehead atoms. The summed E-state index contributed by atoms with van der Waals surface area (Å²) >= 11 is 0. The Bertz CT molecular complexity index is 1220. The second kappa shape index (κ2) is 18.2. The fourth-order valence-corrected chi connectivity index (χ4v) is 4.76. The van der Waals surface area contributed by atoms with E-state index >= 15 is 0 Å². The van der Waals surface area contributed by atoms with Crippen molar-refractivity contribution < 1.29 is 95.6 Å². The van der Waals surface area contributed by atoms with Gasteiger partial charge in [-0.2, -0.15) is 0 Å². The highest BCUT2D eigenvalue weighted by Crippen LogP contribution is 2.35. The lowest BCUT2D eigenvalue weighted by Crippen LogP contribution is -2.67. The van der Waals surface area contributed by atoms with E-state index in [0.717, 1.165) is 48.5 Å². The molecule has 0 aliphatic carbocycles. The highest BCUT2D eigenvalue weighted by Gasteiger charge is 2.57. The maximum atomic E-state index is 12.3. The first-order valence-corrected chi connectivity index (χ1v) is 14.3. The van der Waals surface area contributed by atoms with Crippen LogP contribution in [0.4, 0.5) is 0 Å². The zero-order valence-electron chi connectivity index (χ0n) is 27.1. The lowest BCUT2D eigenvalue weighted by Gasteiger charge is -2.48. The normalized spacial score (nSPS) is 29.7. The van der Waals surface area contributed by atoms with Crippen LogP contribution in [-0.2, 0) is 90.5 Å². The van der Waals surface area contributed by atoms with E-state index in [1.165, 1.54) is 0 Å². The predicted octanol–water partition coefficient (Wildman–Crippen LogP) is -1.29. The summed E-state index contributed by atoms with van der Waals surface area (Å²) < 4.78 is 60.2. The van der Waals surface area contributed by atoms with Gasteiger partial charge in [0.1, 0.15) is 38.1 Å². The van der Waals surface area contributed by atoms with Gasteiger partial charge in [0.2, 0.25) is 0 Å². The highest BCUT2D eigenvalue weighted by molar-refractivity contribution is 5.70. The Kier molecular flexibility index (Phi) is 15.1. The molecular weight excluding hydrogens is 656 g/mol. The number of hydrogen-bond donors (Lipinski definition) is 1. The third-order valence-electron chi connectivity index (χ3n) is 6.26. The Morgan fingerprint density at radius 3 is 1.25 bits per heavy atom. The number of hydrogen-bond acceptors (Lipinski definition) is 19. The molecule has 2 rings (SSSR count). The Balaban J connectivity index is 2.72. The molecule has 20 nitrogen and oxygen atoms in total. The summed E-state index contributed by atoms with van der Waals surface area (Å²) in [6, 6.07) is 0. The molecule has 0 aromatic heterocycles. The molecule has 0 saturated carbocycles. The van der Waals surface area contributed by atoms with Crippen molar-refractivity contribution in [2.75, 3.05) is 19.8 Å². The van der Waals surface area contributed by atoms with Crippen LogP contribution in [0.15, 0.2) is 0 Å². The van der Waals surface area contributed by atoms with Crippen molar-refractivity contribution in [2.45, 2.75) is 110 Å². The van der Waals surface area contributed by atoms with E-state index in [-0.39, 0.29) is 0 Å². The van der Waals surface area contributed by atoms with Crippen LogP contribution in [0.25, 0.3) is 0 Å². The molecule has 2 aliphatic heterocycles. The summed E-state index contributed by atoms with van der Waals surface area (Å²) in [5.41, 5.74) is 0. The number of carbonyl (C=O) groups excluding carboxylic acids is 7. The third kappa shape index (κ3) is 12.3. The minimum Gasteiger partial charge on any atom is -0.480 e. The lowest BCUT2D eigenvalue weighted by molar-refractivity contribution is -0.360. The molecule has 48 heavy (non-hydrogen) atoms. The van der Waals surface area contributed by atoms with E-state index in [1.807, 2.05) is 0 Å². The quantitative estimate of drug-likeness (QED) is 0.164. The number of esters is 7. The van der Waals surface area contributed by atoms with Crippen LogP contribution in [0, 0.1) is 0 Å². The van der Waals surface area contributed by atoms with Gasteiger partial charge in [0.25, 0.3) is 0 Å². The smallest absolute Gasteiger partial charge is 0.329 e. The Morgan fingerprint density at radius 2 is 0.833 bits per heavy atom. The highest BCUT2D eigenvalue weighted by atomic mass is 16.8. The molecule has 2 heterocycles. The molecule has 0 aromatic carbocycles. The van der Waals surface area contributed by atoms with Gasteiger partial charge in [-0.05, 0) is 0 Å². The van der Waals surface area contributed by atoms with Gasteiger partial charge in [-0.3, -0.25) is 33.6 Å². The third-order valence-corrected chi connectivity index (χ3v) is 6.26. The molecule has 2 saturated heterocycles. The van der Waals surface area contributed by atoms with Crippen LogP contribution in [0.1, 0.15) is 48.5 Å². The Morgan fingerprint density at radius 1 is 0.479 bits per heavy atom. The molecule has 0 amide bonds. The molecular formula is C28H38O20. The van der Waals surface area contributed by atoms with Crippen molar-refractivity contribution in [3.63, 3.8) is 0 Å². The van der Waals surface area contributed by atoms with Gasteiger partial charge in [-0.25, -0.2) is 4.79 Å². The first kappa shape index (κ1) is 39.8. The van der Waals surface area contributed by atoms with Crippen molar-refractivity contribution in [3.8, 4) is 0 Å². The number of rotatable bonds is 14. The SMILES string of the molecule is CC(=O)OCC1OC(OC2C(COC(C)=O)OC(OCC(=O)O)C(OC(C)=O)C2OC(C)=O)C(OC(C)=O)C(OC(C)=O)C1OC(C)=O. The van der Waals surface area contributed by atoms with Gasteiger partial charge >= 0.3 is 47.8 Å². The van der Waals surface area contributed by atoms with Gasteiger partial charge in [-0.15, -0.1) is 0 Å². The van der Waals surface area contributed by atoms with E-state index in [2.05, 4.69) is 0 Å². The first-order chi connectivity index (χ1) is 22.4. The van der Waals surface area contributed by atoms with Crippen LogP contribution >= 0.6 is 0 Å². The topological polar surface area (TPSA) is 258 Å². The van der Waals surface area contributed by atoms with Gasteiger partial charge in [0.05, 0.1) is 0 Å². The van der Waals surface area contributed by atoms with Crippen LogP contribution in [0.5, 0.6) is 0 Å². The van der Waals surface area contributed by atoms with Crippen LogP contribution in [0.3, 0.4) is 0 Å². The standard InChI is InChI=1S/C28H38O20/c1-11(29)38-8-18-21(41-13(3)31)23(42-14(4)32)26(45-17(7)35)28(47-18)48-22-19(9-39-12(2)30)46-27(40-10-20(36)37)25(44-16(6)34)24(22)43-15(5)33/h18-19,21-28H,8-10H2,1-7H3,(H,36,37). The number of carbonyl (C=O) groups is 8. The van der Waals surface area contributed by atoms with Gasteiger partial charge < -0.3 is 57.2 Å². The number of carboxylic acid groups (broad SMARTS) is 1. The molecule has 2 aliphatic rings. The summed E-state index contributed by atoms with van der Waals surface area (Å²) in [5, 5.41) is 9.18. The number of aliphatic carboxylic acids is 1. The van der Waals surface area contributed by atoms with Crippen LogP contribution in [-0.4, -0.2) is 134 Å². The van der Waals surface area contributed by atoms with E-state index in [1.54, 1.807) is 0 Å². The number of ether oxygens (including phenoxy) is 11. The molecule has 2 fully saturated rings. The molecule has 20 heteroatoms. The first-order valence-electron chi connectivity index (χ1n) is 14.3. The minimum absolute atomic E-state index is 0.607. The van der Waals surface area contributed by atoms with Crippen molar-refractivity contribution in [1.82, 2.24) is 0 Å². The van der Waals surface area contributed by atoms with E-state index in [9.17, 15) is 43.5 Å². The number of carboxylic acids is 1. The van der Waals surface area contributed by atoms with E-state index < -0.39 is 129 Å². The fraction of sp³-hybridized carbons (Fsp3) is 0.714. The maximum Gasteiger partial charge on any atom is 0.329 e. The van der Waals surface area contributed by atoms with Gasteiger partial charge in [0.15, 0.2) is 43.1 Å². The maximum absolute atomic E-state index is 12.3. The van der Waals surface area contributed by atoms with Crippen molar-refractivity contribution in [3.05, 3.63) is 0 Å². The van der Waals surface area contributed by atoms with Crippen molar-refractivity contribution in [1.29, 1.82) is 0 Å². The molecule has 1 N–H and O–H groups in total. The average Bonchev–Trinajstić information content (AvgIpc) is 2.94. The fourth-order valence-electron chi connectivity index (χ4n) is 4.76. The van der Waals surface area contributed by atoms with Gasteiger partial charge in [-0.1, -0.05) is 0 Å². The average molecular weight is 695 g/mol. The van der Waals surface area contributed by atoms with Crippen molar-refractivity contribution in [2.24, 2.45) is 0 Å². The zero-order valence-corrected chi connectivity index (χ0v) is 27.1. The second-order valence-electron chi connectivity index (χ2n) is 10.4. The van der Waals surface area contributed by atoms with Gasteiger partial charge in [0, 0.05) is 48.5 Å². The summed E-state index contributed by atoms with van der Waals surface area (Å²) in [6.45, 7) is 4.89. The monoisotopic (exact) mass is 694 g/mol. The zero-order chi connectivity index (χ0) is 36.3. The summed E-state index contributed by atoms with van der Waals surface area (Å²) in [6.07, 6.45) is -16.6. The summed E-state index contributed by atoms with van der Waals surface area (Å²) in [5.74, 6) is -7.72. The molecule has 0 aromatic rings. The van der Waals surface area contributed by atoms with E-state index in [4.69, 9.17) is 52.1 Å². The minimum atomic E-state index is -1.86. The van der Waals surface area contributed by atoms with Crippen LogP contribution in [0.2, 0.25) is 0 Å². The molecule has 10 unspecified atom stereocenters. The molecule has 10 atom stereocenters. The molecule has 270 valence electrons. The summed E-state index contributed by atoms with van der Waals surface area (Å²) in [4.78, 5) is 95.7. The lowest BCUT2D eigenvalue weighted by atomic mass is 9.96. The predicted molar refractivity (Wildman–Crippen MR) is 147 cm³/mol. The Hall–Kier alpha value is -4.40. The van der Waals surface area contributed by atoms with Crippen LogP contribution < -0.4 is 0 Å². The van der Waals surface area contributed by atoms with E-state index in [0.29, 0.717) is 0 Å². The van der Waals surface area contributed by atoms with Crippen molar-refractivity contribution >= 4 is 47.8 Å². The molecule has 0 spiro atoms. The summed E-state index contributed by atoms with van der Waals surface area (Å²) in [7, 11) is 0. The second-order valence-corrected chi connectivity index (χ2v) is 10.4. The Labute approximate surface area is 273 Å². The largest absolute Gasteiger partial charge is 0.480 e. The molecule has 0 radical (unpaired) electrons.